The number of pyridine rings is 1. The Kier molecular flexibility index (Phi) is 3.92. The zero-order valence-corrected chi connectivity index (χ0v) is 18.1. The third-order valence-corrected chi connectivity index (χ3v) is 6.41. The van der Waals surface area contributed by atoms with Gasteiger partial charge in [-0.05, 0) is 42.0 Å². The van der Waals surface area contributed by atoms with Gasteiger partial charge in [-0.25, -0.2) is 6.57 Å². The minimum Gasteiger partial charge on any atom is -0.450 e. The van der Waals surface area contributed by atoms with Crippen LogP contribution in [0.3, 0.4) is 0 Å². The lowest BCUT2D eigenvalue weighted by Crippen LogP contribution is -2.34. The second kappa shape index (κ2) is 6.31. The predicted octanol–water partition coefficient (Wildman–Crippen LogP) is 6.45. The van der Waals surface area contributed by atoms with Gasteiger partial charge in [0.2, 0.25) is 11.1 Å². The average Bonchev–Trinajstić information content (AvgIpc) is 2.72. The molecule has 4 aromatic rings. The molecule has 0 fully saturated rings. The number of rotatable bonds is 2. The molecule has 0 aliphatic carbocycles. The maximum absolute atomic E-state index is 7.54. The van der Waals surface area contributed by atoms with Gasteiger partial charge in [0.25, 0.3) is 5.69 Å². The Labute approximate surface area is 177 Å². The van der Waals surface area contributed by atoms with Crippen LogP contribution in [0.1, 0.15) is 30.5 Å². The van der Waals surface area contributed by atoms with Crippen molar-refractivity contribution in [1.82, 2.24) is 0 Å². The highest BCUT2D eigenvalue weighted by Crippen LogP contribution is 2.48. The first-order valence-corrected chi connectivity index (χ1v) is 10.3. The van der Waals surface area contributed by atoms with Crippen molar-refractivity contribution in [2.24, 2.45) is 7.05 Å². The van der Waals surface area contributed by atoms with Crippen molar-refractivity contribution in [2.45, 2.75) is 39.7 Å². The number of aryl methyl sites for hydroxylation is 2. The summed E-state index contributed by atoms with van der Waals surface area (Å²) in [4.78, 5) is 3.82. The Morgan fingerprint density at radius 2 is 1.80 bits per heavy atom. The van der Waals surface area contributed by atoms with Crippen molar-refractivity contribution < 1.29 is 9.30 Å². The average molecular weight is 394 g/mol. The van der Waals surface area contributed by atoms with Gasteiger partial charge in [0.15, 0.2) is 5.75 Å². The minimum atomic E-state index is -0.435. The normalized spacial score (nSPS) is 12.5. The molecule has 0 N–H and O–H groups in total. The number of aromatic nitrogens is 1. The zero-order valence-electron chi connectivity index (χ0n) is 18.1. The fourth-order valence-electron chi connectivity index (χ4n) is 4.73. The van der Waals surface area contributed by atoms with E-state index in [1.807, 2.05) is 13.8 Å². The number of hydrogen-bond donors (Lipinski definition) is 0. The summed E-state index contributed by atoms with van der Waals surface area (Å²) < 4.78 is 8.72. The van der Waals surface area contributed by atoms with Crippen LogP contribution in [-0.2, 0) is 13.5 Å². The zero-order chi connectivity index (χ0) is 21.2. The third-order valence-electron chi connectivity index (χ3n) is 6.41. The lowest BCUT2D eigenvalue weighted by molar-refractivity contribution is -0.633. The van der Waals surface area contributed by atoms with E-state index in [2.05, 4.69) is 78.8 Å². The van der Waals surface area contributed by atoms with Crippen LogP contribution in [0.2, 0.25) is 0 Å². The number of benzene rings is 3. The molecule has 1 aliphatic rings. The van der Waals surface area contributed by atoms with Crippen molar-refractivity contribution in [1.29, 1.82) is 0 Å². The Morgan fingerprint density at radius 1 is 1.03 bits per heavy atom. The molecule has 1 aromatic heterocycles. The van der Waals surface area contributed by atoms with Crippen molar-refractivity contribution in [3.63, 3.8) is 0 Å². The van der Waals surface area contributed by atoms with Gasteiger partial charge in [-0.3, -0.25) is 0 Å². The van der Waals surface area contributed by atoms with Crippen LogP contribution in [0.5, 0.6) is 11.5 Å². The second-order valence-corrected chi connectivity index (χ2v) is 9.02. The molecular formula is C27H25N2O+. The van der Waals surface area contributed by atoms with Gasteiger partial charge in [-0.1, -0.05) is 30.3 Å². The fraction of sp³-hybridized carbons (Fsp3) is 0.259. The summed E-state index contributed by atoms with van der Waals surface area (Å²) in [6, 6.07) is 17.1. The quantitative estimate of drug-likeness (QED) is 0.249. The number of ether oxygens (including phenoxy) is 1. The molecule has 3 aromatic carbocycles. The van der Waals surface area contributed by atoms with E-state index in [0.717, 1.165) is 28.1 Å². The van der Waals surface area contributed by atoms with Gasteiger partial charge in [0.05, 0.1) is 17.4 Å². The molecule has 0 unspecified atom stereocenters. The number of fused-ring (bicyclic) bond motifs is 3. The van der Waals surface area contributed by atoms with Gasteiger partial charge in [-0.2, -0.15) is 4.57 Å². The molecule has 0 bridgehead atoms. The van der Waals surface area contributed by atoms with E-state index in [1.54, 1.807) is 0 Å². The highest BCUT2D eigenvalue weighted by atomic mass is 16.5. The van der Waals surface area contributed by atoms with E-state index in [1.165, 1.54) is 33.0 Å². The first-order chi connectivity index (χ1) is 14.3. The van der Waals surface area contributed by atoms with Gasteiger partial charge < -0.3 is 9.58 Å². The summed E-state index contributed by atoms with van der Waals surface area (Å²) in [5.74, 6) is 1.79. The van der Waals surface area contributed by atoms with E-state index >= 15 is 0 Å². The first kappa shape index (κ1) is 18.6. The second-order valence-electron chi connectivity index (χ2n) is 9.02. The predicted molar refractivity (Wildman–Crippen MR) is 122 cm³/mol. The molecule has 0 saturated heterocycles. The molecule has 0 saturated carbocycles. The minimum absolute atomic E-state index is 0.435. The smallest absolute Gasteiger partial charge is 0.256 e. The summed E-state index contributed by atoms with van der Waals surface area (Å²) in [7, 11) is 2.12. The molecule has 1 aliphatic heterocycles. The summed E-state index contributed by atoms with van der Waals surface area (Å²) >= 11 is 0. The Hall–Kier alpha value is -3.38. The van der Waals surface area contributed by atoms with Crippen LogP contribution in [-0.4, -0.2) is 5.54 Å². The van der Waals surface area contributed by atoms with Gasteiger partial charge in [-0.15, -0.1) is 0 Å². The van der Waals surface area contributed by atoms with E-state index in [-0.39, 0.29) is 0 Å². The monoisotopic (exact) mass is 393 g/mol. The van der Waals surface area contributed by atoms with Gasteiger partial charge >= 0.3 is 0 Å². The molecule has 30 heavy (non-hydrogen) atoms. The third kappa shape index (κ3) is 2.60. The Balaban J connectivity index is 1.87. The van der Waals surface area contributed by atoms with Crippen LogP contribution in [0.15, 0.2) is 48.5 Å². The molecule has 0 amide bonds. The van der Waals surface area contributed by atoms with Crippen LogP contribution in [0, 0.1) is 20.4 Å². The maximum atomic E-state index is 7.54. The van der Waals surface area contributed by atoms with E-state index in [9.17, 15) is 0 Å². The highest BCUT2D eigenvalue weighted by molar-refractivity contribution is 6.05. The topological polar surface area (TPSA) is 17.5 Å². The van der Waals surface area contributed by atoms with Crippen LogP contribution in [0.25, 0.3) is 37.8 Å². The molecule has 5 rings (SSSR count). The van der Waals surface area contributed by atoms with Crippen molar-refractivity contribution in [3.05, 3.63) is 76.6 Å². The Morgan fingerprint density at radius 3 is 2.57 bits per heavy atom. The number of nitrogens with zero attached hydrogens (tertiary/aromatic N) is 2. The van der Waals surface area contributed by atoms with E-state index in [4.69, 9.17) is 11.3 Å². The molecule has 3 nitrogen and oxygen atoms in total. The molecule has 3 heteroatoms. The molecular weight excluding hydrogens is 368 g/mol. The molecule has 2 heterocycles. The van der Waals surface area contributed by atoms with Crippen molar-refractivity contribution >= 4 is 21.7 Å². The fourth-order valence-corrected chi connectivity index (χ4v) is 4.73. The van der Waals surface area contributed by atoms with Crippen molar-refractivity contribution in [3.8, 4) is 22.8 Å². The molecule has 0 spiro atoms. The van der Waals surface area contributed by atoms with Crippen LogP contribution >= 0.6 is 0 Å². The lowest BCUT2D eigenvalue weighted by atomic mass is 9.89. The molecule has 0 atom stereocenters. The van der Waals surface area contributed by atoms with Crippen LogP contribution in [0.4, 0.5) is 0 Å². The standard InChI is InChI=1S/C27H25N2O/c1-16-13-18-9-8-12-22-25(18)24(17(16)2)26-23(30-22)14-20-19(15-27(3,4)28-5)10-7-11-21(20)29(26)6/h7-14H,15H2,1-4,6H3/q+1. The van der Waals surface area contributed by atoms with E-state index in [0.29, 0.717) is 6.42 Å². The van der Waals surface area contributed by atoms with E-state index < -0.39 is 5.54 Å². The Bertz CT molecular complexity index is 1410. The van der Waals surface area contributed by atoms with Gasteiger partial charge in [0, 0.05) is 31.4 Å². The van der Waals surface area contributed by atoms with Crippen molar-refractivity contribution in [2.75, 3.05) is 0 Å². The summed E-state index contributed by atoms with van der Waals surface area (Å²) in [5, 5.41) is 3.55. The SMILES string of the molecule is [C-]#[N+]C(C)(C)Cc1cccc2c1cc1c([n+]2C)-c2c(C)c(C)cc3cccc(c23)O1. The summed E-state index contributed by atoms with van der Waals surface area (Å²) in [5.41, 5.74) is 6.86. The lowest BCUT2D eigenvalue weighted by Gasteiger charge is -2.23. The van der Waals surface area contributed by atoms with Crippen LogP contribution < -0.4 is 9.30 Å². The molecule has 0 radical (unpaired) electrons. The molecule has 148 valence electrons. The summed E-state index contributed by atoms with van der Waals surface area (Å²) in [6.07, 6.45) is 0.705. The summed E-state index contributed by atoms with van der Waals surface area (Å²) in [6.45, 7) is 15.9. The number of hydrogen-bond acceptors (Lipinski definition) is 1. The van der Waals surface area contributed by atoms with Gasteiger partial charge in [0.1, 0.15) is 12.8 Å². The highest BCUT2D eigenvalue weighted by Gasteiger charge is 2.32. The maximum Gasteiger partial charge on any atom is 0.256 e. The first-order valence-electron chi connectivity index (χ1n) is 10.3. The largest absolute Gasteiger partial charge is 0.450 e.